The minimum absolute atomic E-state index is 0.622. The van der Waals surface area contributed by atoms with Gasteiger partial charge in [0.25, 0.3) is 0 Å². The predicted molar refractivity (Wildman–Crippen MR) is 59.8 cm³/mol. The summed E-state index contributed by atoms with van der Waals surface area (Å²) >= 11 is 6.11. The number of hydrogen-bond acceptors (Lipinski definition) is 3. The van der Waals surface area contributed by atoms with E-state index in [2.05, 4.69) is 15.2 Å². The third kappa shape index (κ3) is 1.24. The number of pyridine rings is 1. The highest BCUT2D eigenvalue weighted by Gasteiger charge is 2.05. The van der Waals surface area contributed by atoms with Gasteiger partial charge in [0.1, 0.15) is 5.52 Å². The fraction of sp³-hybridized carbons (Fsp3) is 0. The van der Waals surface area contributed by atoms with Crippen LogP contribution >= 0.6 is 11.6 Å². The standard InChI is InChI=1S/C11H6ClN3/c12-10-5-7-1-3-13-6-9(7)8-2-4-14-15-11(8)10/h1-6H. The molecule has 4 heteroatoms. The van der Waals surface area contributed by atoms with Crippen molar-refractivity contribution in [2.24, 2.45) is 0 Å². The van der Waals surface area contributed by atoms with Gasteiger partial charge in [0.05, 0.1) is 11.2 Å². The molecule has 0 aliphatic carbocycles. The minimum atomic E-state index is 0.622. The second-order valence-corrected chi connectivity index (χ2v) is 3.66. The Labute approximate surface area is 90.7 Å². The SMILES string of the molecule is Clc1cc2ccncc2c2ccnnc12. The molecule has 0 saturated carbocycles. The molecular weight excluding hydrogens is 210 g/mol. The van der Waals surface area contributed by atoms with Gasteiger partial charge in [-0.3, -0.25) is 4.98 Å². The van der Waals surface area contributed by atoms with Gasteiger partial charge >= 0.3 is 0 Å². The van der Waals surface area contributed by atoms with Crippen LogP contribution in [0.4, 0.5) is 0 Å². The quantitative estimate of drug-likeness (QED) is 0.542. The summed E-state index contributed by atoms with van der Waals surface area (Å²) in [5.74, 6) is 0. The molecule has 0 spiro atoms. The van der Waals surface area contributed by atoms with Gasteiger partial charge in [-0.1, -0.05) is 11.6 Å². The molecule has 2 heterocycles. The molecule has 0 fully saturated rings. The fourth-order valence-electron chi connectivity index (χ4n) is 1.69. The maximum absolute atomic E-state index is 6.11. The molecule has 2 aromatic heterocycles. The van der Waals surface area contributed by atoms with E-state index in [1.807, 2.05) is 24.4 Å². The van der Waals surface area contributed by atoms with Gasteiger partial charge in [0.2, 0.25) is 0 Å². The largest absolute Gasteiger partial charge is 0.264 e. The molecule has 3 aromatic rings. The van der Waals surface area contributed by atoms with Gasteiger partial charge < -0.3 is 0 Å². The second kappa shape index (κ2) is 3.14. The summed E-state index contributed by atoms with van der Waals surface area (Å²) in [4.78, 5) is 4.10. The first-order chi connectivity index (χ1) is 7.36. The summed E-state index contributed by atoms with van der Waals surface area (Å²) in [5, 5.41) is 11.6. The van der Waals surface area contributed by atoms with Gasteiger partial charge in [-0.2, -0.15) is 5.10 Å². The average Bonchev–Trinajstić information content (AvgIpc) is 2.30. The van der Waals surface area contributed by atoms with E-state index in [0.29, 0.717) is 5.02 Å². The first-order valence-corrected chi connectivity index (χ1v) is 4.88. The normalized spacial score (nSPS) is 11.0. The number of hydrogen-bond donors (Lipinski definition) is 0. The van der Waals surface area contributed by atoms with E-state index < -0.39 is 0 Å². The van der Waals surface area contributed by atoms with E-state index in [0.717, 1.165) is 21.7 Å². The smallest absolute Gasteiger partial charge is 0.112 e. The zero-order valence-electron chi connectivity index (χ0n) is 7.68. The third-order valence-corrected chi connectivity index (χ3v) is 2.66. The van der Waals surface area contributed by atoms with Crippen LogP contribution in [0.5, 0.6) is 0 Å². The van der Waals surface area contributed by atoms with Crippen LogP contribution in [0.1, 0.15) is 0 Å². The number of aromatic nitrogens is 3. The van der Waals surface area contributed by atoms with E-state index in [1.165, 1.54) is 0 Å². The first-order valence-electron chi connectivity index (χ1n) is 4.50. The van der Waals surface area contributed by atoms with Crippen molar-refractivity contribution in [2.75, 3.05) is 0 Å². The highest BCUT2D eigenvalue weighted by Crippen LogP contribution is 2.28. The van der Waals surface area contributed by atoms with Crippen molar-refractivity contribution in [3.8, 4) is 0 Å². The molecule has 15 heavy (non-hydrogen) atoms. The van der Waals surface area contributed by atoms with Gasteiger partial charge in [-0.25, -0.2) is 0 Å². The minimum Gasteiger partial charge on any atom is -0.264 e. The molecule has 0 atom stereocenters. The Hall–Kier alpha value is -1.74. The third-order valence-electron chi connectivity index (χ3n) is 2.37. The first kappa shape index (κ1) is 8.56. The average molecular weight is 216 g/mol. The Bertz CT molecular complexity index is 651. The van der Waals surface area contributed by atoms with Crippen molar-refractivity contribution in [3.05, 3.63) is 41.8 Å². The maximum Gasteiger partial charge on any atom is 0.112 e. The van der Waals surface area contributed by atoms with Crippen molar-refractivity contribution in [3.63, 3.8) is 0 Å². The summed E-state index contributed by atoms with van der Waals surface area (Å²) in [6.45, 7) is 0. The number of halogens is 1. The molecule has 0 unspecified atom stereocenters. The van der Waals surface area contributed by atoms with E-state index in [4.69, 9.17) is 11.6 Å². The highest BCUT2D eigenvalue weighted by molar-refractivity contribution is 6.36. The van der Waals surface area contributed by atoms with Crippen LogP contribution in [0.15, 0.2) is 36.8 Å². The van der Waals surface area contributed by atoms with Crippen LogP contribution in [-0.2, 0) is 0 Å². The Morgan fingerprint density at radius 2 is 2.00 bits per heavy atom. The van der Waals surface area contributed by atoms with Crippen LogP contribution in [0.3, 0.4) is 0 Å². The van der Waals surface area contributed by atoms with Gasteiger partial charge in [0.15, 0.2) is 0 Å². The lowest BCUT2D eigenvalue weighted by atomic mass is 10.1. The lowest BCUT2D eigenvalue weighted by Crippen LogP contribution is -1.86. The van der Waals surface area contributed by atoms with E-state index in [1.54, 1.807) is 12.4 Å². The number of rotatable bonds is 0. The molecule has 0 radical (unpaired) electrons. The van der Waals surface area contributed by atoms with Crippen molar-refractivity contribution >= 4 is 33.3 Å². The van der Waals surface area contributed by atoms with Crippen LogP contribution in [0.2, 0.25) is 5.02 Å². The van der Waals surface area contributed by atoms with Crippen LogP contribution in [0.25, 0.3) is 21.7 Å². The van der Waals surface area contributed by atoms with E-state index >= 15 is 0 Å². The van der Waals surface area contributed by atoms with Gasteiger partial charge in [0, 0.05) is 23.2 Å². The number of fused-ring (bicyclic) bond motifs is 3. The van der Waals surface area contributed by atoms with Gasteiger partial charge in [-0.15, -0.1) is 5.10 Å². The maximum atomic E-state index is 6.11. The molecule has 3 rings (SSSR count). The van der Waals surface area contributed by atoms with Crippen molar-refractivity contribution < 1.29 is 0 Å². The molecule has 0 aliphatic rings. The van der Waals surface area contributed by atoms with Crippen molar-refractivity contribution in [2.45, 2.75) is 0 Å². The lowest BCUT2D eigenvalue weighted by molar-refractivity contribution is 1.08. The Balaban J connectivity index is 2.64. The molecule has 0 saturated heterocycles. The molecule has 0 bridgehead atoms. The van der Waals surface area contributed by atoms with Crippen LogP contribution in [-0.4, -0.2) is 15.2 Å². The lowest BCUT2D eigenvalue weighted by Gasteiger charge is -2.03. The van der Waals surface area contributed by atoms with Gasteiger partial charge in [-0.05, 0) is 23.6 Å². The number of nitrogens with zero attached hydrogens (tertiary/aromatic N) is 3. The zero-order chi connectivity index (χ0) is 10.3. The Kier molecular flexibility index (Phi) is 1.79. The molecule has 1 aromatic carbocycles. The van der Waals surface area contributed by atoms with Crippen LogP contribution < -0.4 is 0 Å². The summed E-state index contributed by atoms with van der Waals surface area (Å²) in [5.41, 5.74) is 0.722. The number of benzene rings is 1. The predicted octanol–water partition coefficient (Wildman–Crippen LogP) is 2.83. The fourth-order valence-corrected chi connectivity index (χ4v) is 1.94. The Morgan fingerprint density at radius 1 is 1.07 bits per heavy atom. The molecule has 0 amide bonds. The topological polar surface area (TPSA) is 38.7 Å². The molecular formula is C11H6ClN3. The Morgan fingerprint density at radius 3 is 2.93 bits per heavy atom. The zero-order valence-corrected chi connectivity index (χ0v) is 8.44. The summed E-state index contributed by atoms with van der Waals surface area (Å²) in [6, 6.07) is 5.72. The van der Waals surface area contributed by atoms with Crippen molar-refractivity contribution in [1.82, 2.24) is 15.2 Å². The molecule has 0 N–H and O–H groups in total. The molecule has 0 aliphatic heterocycles. The monoisotopic (exact) mass is 215 g/mol. The van der Waals surface area contributed by atoms with Crippen LogP contribution in [0, 0.1) is 0 Å². The summed E-state index contributed by atoms with van der Waals surface area (Å²) < 4.78 is 0. The molecule has 72 valence electrons. The summed E-state index contributed by atoms with van der Waals surface area (Å²) in [7, 11) is 0. The second-order valence-electron chi connectivity index (χ2n) is 3.25. The van der Waals surface area contributed by atoms with Crippen molar-refractivity contribution in [1.29, 1.82) is 0 Å². The molecule has 3 nitrogen and oxygen atoms in total. The van der Waals surface area contributed by atoms with E-state index in [9.17, 15) is 0 Å². The summed E-state index contributed by atoms with van der Waals surface area (Å²) in [6.07, 6.45) is 5.22. The highest BCUT2D eigenvalue weighted by atomic mass is 35.5. The van der Waals surface area contributed by atoms with E-state index in [-0.39, 0.29) is 0 Å².